The van der Waals surface area contributed by atoms with Gasteiger partial charge in [0.1, 0.15) is 0 Å². The number of piperidine rings is 1. The highest BCUT2D eigenvalue weighted by Gasteiger charge is 2.26. The molecule has 5 rings (SSSR count). The highest BCUT2D eigenvalue weighted by Crippen LogP contribution is 2.22. The van der Waals surface area contributed by atoms with E-state index in [1.807, 2.05) is 67.6 Å². The molecule has 38 heavy (non-hydrogen) atoms. The van der Waals surface area contributed by atoms with Gasteiger partial charge in [-0.25, -0.2) is 13.1 Å². The fraction of sp³-hybridized carbons (Fsp3) is 0.214. The van der Waals surface area contributed by atoms with Crippen molar-refractivity contribution in [1.29, 1.82) is 0 Å². The fourth-order valence-electron chi connectivity index (χ4n) is 4.19. The van der Waals surface area contributed by atoms with Crippen LogP contribution in [0, 0.1) is 0 Å². The Balaban J connectivity index is 1.47. The van der Waals surface area contributed by atoms with Gasteiger partial charge in [0.05, 0.1) is 16.3 Å². The first-order chi connectivity index (χ1) is 18.4. The summed E-state index contributed by atoms with van der Waals surface area (Å²) in [6.07, 6.45) is 2.77. The lowest BCUT2D eigenvalue weighted by Gasteiger charge is -2.25. The van der Waals surface area contributed by atoms with Crippen LogP contribution in [0.3, 0.4) is 0 Å². The summed E-state index contributed by atoms with van der Waals surface area (Å²) in [4.78, 5) is 14.0. The van der Waals surface area contributed by atoms with Crippen LogP contribution in [0.1, 0.15) is 47.1 Å². The molecule has 0 radical (unpaired) electrons. The van der Waals surface area contributed by atoms with E-state index in [-0.39, 0.29) is 15.7 Å². The van der Waals surface area contributed by atoms with Crippen molar-refractivity contribution in [3.63, 3.8) is 0 Å². The predicted octanol–water partition coefficient (Wildman–Crippen LogP) is 4.66. The van der Waals surface area contributed by atoms with Gasteiger partial charge in [-0.2, -0.15) is 14.5 Å². The van der Waals surface area contributed by atoms with E-state index >= 15 is 0 Å². The zero-order valence-corrected chi connectivity index (χ0v) is 22.5. The second-order valence-electron chi connectivity index (χ2n) is 8.91. The Morgan fingerprint density at radius 1 is 0.842 bits per heavy atom. The highest BCUT2D eigenvalue weighted by molar-refractivity contribution is 7.89. The Bertz CT molecular complexity index is 1620. The molecule has 0 spiro atoms. The summed E-state index contributed by atoms with van der Waals surface area (Å²) in [5, 5.41) is 13.6. The van der Waals surface area contributed by atoms with Crippen molar-refractivity contribution in [2.75, 3.05) is 13.1 Å². The van der Waals surface area contributed by atoms with Gasteiger partial charge in [0.15, 0.2) is 5.01 Å². The van der Waals surface area contributed by atoms with Gasteiger partial charge >= 0.3 is 0 Å². The molecule has 1 fully saturated rings. The van der Waals surface area contributed by atoms with E-state index in [0.717, 1.165) is 47.6 Å². The van der Waals surface area contributed by atoms with Crippen LogP contribution in [0.15, 0.2) is 100 Å². The minimum absolute atomic E-state index is 0.191. The van der Waals surface area contributed by atoms with Crippen molar-refractivity contribution in [2.45, 2.75) is 31.1 Å². The summed E-state index contributed by atoms with van der Waals surface area (Å²) >= 11 is 1.13. The molecule has 4 aromatic rings. The maximum absolute atomic E-state index is 13.4. The summed E-state index contributed by atoms with van der Waals surface area (Å²) in [6.45, 7) is 2.93. The second-order valence-corrected chi connectivity index (χ2v) is 11.8. The van der Waals surface area contributed by atoms with Gasteiger partial charge in [-0.15, -0.1) is 5.10 Å². The first kappa shape index (κ1) is 25.9. The van der Waals surface area contributed by atoms with Crippen LogP contribution >= 0.6 is 11.3 Å². The van der Waals surface area contributed by atoms with E-state index in [1.165, 1.54) is 16.4 Å². The van der Waals surface area contributed by atoms with Gasteiger partial charge in [0.2, 0.25) is 20.6 Å². The van der Waals surface area contributed by atoms with E-state index in [4.69, 9.17) is 0 Å². The number of nitrogens with zero attached hydrogens (tertiary/aromatic N) is 5. The van der Waals surface area contributed by atoms with Crippen molar-refractivity contribution in [1.82, 2.24) is 14.1 Å². The summed E-state index contributed by atoms with van der Waals surface area (Å²) < 4.78 is 29.1. The molecule has 0 saturated carbocycles. The molecule has 2 heterocycles. The maximum atomic E-state index is 13.4. The summed E-state index contributed by atoms with van der Waals surface area (Å²) in [5.74, 6) is -0.313. The Morgan fingerprint density at radius 2 is 1.47 bits per heavy atom. The highest BCUT2D eigenvalue weighted by atomic mass is 32.2. The molecular weight excluding hydrogens is 518 g/mol. The topological polar surface area (TPSA) is 97.0 Å². The molecule has 0 aliphatic carbocycles. The number of carbonyl (C=O) groups is 1. The molecule has 0 bridgehead atoms. The summed E-state index contributed by atoms with van der Waals surface area (Å²) in [7, 11) is -3.57. The summed E-state index contributed by atoms with van der Waals surface area (Å²) in [6, 6.07) is 25.2. The molecule has 1 saturated heterocycles. The van der Waals surface area contributed by atoms with E-state index in [1.54, 1.807) is 16.8 Å². The molecule has 8 nitrogen and oxygen atoms in total. The number of carbonyl (C=O) groups excluding carboxylic acids is 1. The molecule has 0 N–H and O–H groups in total. The van der Waals surface area contributed by atoms with Crippen molar-refractivity contribution < 1.29 is 13.2 Å². The second kappa shape index (κ2) is 11.3. The van der Waals surface area contributed by atoms with Gasteiger partial charge in [-0.05, 0) is 61.7 Å². The largest absolute Gasteiger partial charge is 0.286 e. The minimum atomic E-state index is -3.57. The van der Waals surface area contributed by atoms with Gasteiger partial charge in [0, 0.05) is 18.7 Å². The number of sulfonamides is 1. The van der Waals surface area contributed by atoms with E-state index in [2.05, 4.69) is 15.3 Å². The van der Waals surface area contributed by atoms with Crippen molar-refractivity contribution >= 4 is 32.9 Å². The molecule has 1 aliphatic rings. The van der Waals surface area contributed by atoms with Crippen LogP contribution < -0.4 is 4.80 Å². The van der Waals surface area contributed by atoms with Crippen LogP contribution in [0.2, 0.25) is 0 Å². The normalized spacial score (nSPS) is 15.5. The molecule has 0 amide bonds. The minimum Gasteiger partial charge on any atom is -0.286 e. The van der Waals surface area contributed by atoms with Gasteiger partial charge in [0.25, 0.3) is 0 Å². The third-order valence-electron chi connectivity index (χ3n) is 6.30. The molecule has 1 aliphatic heterocycles. The first-order valence-electron chi connectivity index (χ1n) is 12.4. The number of aromatic nitrogens is 2. The SMILES string of the molecule is C/C(=N\N=c1\sc(C(=O)c2ccc(S(=O)(=O)N3CCCCC3)cc2)nn1-c1ccccc1)c1ccccc1. The Kier molecular flexibility index (Phi) is 7.73. The average molecular weight is 546 g/mol. The van der Waals surface area contributed by atoms with Gasteiger partial charge < -0.3 is 0 Å². The smallest absolute Gasteiger partial charge is 0.243 e. The van der Waals surface area contributed by atoms with E-state index in [0.29, 0.717) is 23.5 Å². The van der Waals surface area contributed by atoms with E-state index < -0.39 is 10.0 Å². The van der Waals surface area contributed by atoms with Crippen LogP contribution in [0.4, 0.5) is 0 Å². The molecular formula is C28H27N5O3S2. The zero-order valence-electron chi connectivity index (χ0n) is 20.9. The Hall–Kier alpha value is -3.73. The molecule has 0 unspecified atom stereocenters. The lowest BCUT2D eigenvalue weighted by molar-refractivity contribution is 0.103. The Morgan fingerprint density at radius 3 is 2.13 bits per heavy atom. The number of benzene rings is 3. The monoisotopic (exact) mass is 545 g/mol. The number of hydrogen-bond donors (Lipinski definition) is 0. The van der Waals surface area contributed by atoms with Gasteiger partial charge in [-0.1, -0.05) is 66.3 Å². The van der Waals surface area contributed by atoms with Crippen LogP contribution in [-0.4, -0.2) is 47.1 Å². The van der Waals surface area contributed by atoms with Gasteiger partial charge in [-0.3, -0.25) is 4.79 Å². The number of rotatable bonds is 7. The fourth-order valence-corrected chi connectivity index (χ4v) is 6.52. The predicted molar refractivity (Wildman–Crippen MR) is 148 cm³/mol. The van der Waals surface area contributed by atoms with E-state index in [9.17, 15) is 13.2 Å². The Labute approximate surface area is 225 Å². The van der Waals surface area contributed by atoms with Crippen molar-refractivity contribution in [2.24, 2.45) is 10.2 Å². The lowest BCUT2D eigenvalue weighted by atomic mass is 10.1. The number of hydrogen-bond acceptors (Lipinski definition) is 7. The summed E-state index contributed by atoms with van der Waals surface area (Å²) in [5.41, 5.74) is 2.78. The number of ketones is 1. The van der Waals surface area contributed by atoms with Crippen LogP contribution in [0.5, 0.6) is 0 Å². The third-order valence-corrected chi connectivity index (χ3v) is 9.11. The first-order valence-corrected chi connectivity index (χ1v) is 14.6. The zero-order chi connectivity index (χ0) is 26.5. The standard InChI is InChI=1S/C28H27N5O3S2/c1-21(22-11-5-2-6-12-22)29-30-28-33(24-13-7-3-8-14-24)31-27(37-28)26(34)23-15-17-25(18-16-23)38(35,36)32-19-9-4-10-20-32/h2-3,5-8,11-18H,4,9-10,19-20H2,1H3/b29-21+,30-28+. The van der Waals surface area contributed by atoms with Crippen LogP contribution in [-0.2, 0) is 10.0 Å². The maximum Gasteiger partial charge on any atom is 0.243 e. The number of para-hydroxylation sites is 1. The third kappa shape index (κ3) is 5.57. The molecule has 3 aromatic carbocycles. The molecule has 0 atom stereocenters. The molecule has 1 aromatic heterocycles. The van der Waals surface area contributed by atoms with Crippen molar-refractivity contribution in [3.05, 3.63) is 106 Å². The van der Waals surface area contributed by atoms with Crippen molar-refractivity contribution in [3.8, 4) is 5.69 Å². The average Bonchev–Trinajstić information content (AvgIpc) is 3.41. The lowest BCUT2D eigenvalue weighted by Crippen LogP contribution is -2.35. The molecule has 194 valence electrons. The van der Waals surface area contributed by atoms with Crippen LogP contribution in [0.25, 0.3) is 5.69 Å². The molecule has 10 heteroatoms. The quantitative estimate of drug-likeness (QED) is 0.192.